The van der Waals surface area contributed by atoms with Gasteiger partial charge in [-0.3, -0.25) is 19.6 Å². The molecule has 0 saturated heterocycles. The molecule has 22 heteroatoms. The Bertz CT molecular complexity index is 2780. The van der Waals surface area contributed by atoms with Gasteiger partial charge in [-0.1, -0.05) is 55.4 Å². The van der Waals surface area contributed by atoms with Crippen molar-refractivity contribution >= 4 is 64.8 Å². The van der Waals surface area contributed by atoms with Gasteiger partial charge in [0.1, 0.15) is 22.9 Å². The van der Waals surface area contributed by atoms with Gasteiger partial charge < -0.3 is 25.1 Å². The molecule has 0 fully saturated rings. The molecule has 0 atom stereocenters. The number of nitro groups is 1. The molecule has 1 aromatic heterocycles. The Morgan fingerprint density at radius 3 is 2.16 bits per heavy atom. The molecule has 0 amide bonds. The van der Waals surface area contributed by atoms with Crippen molar-refractivity contribution in [3.05, 3.63) is 123 Å². The van der Waals surface area contributed by atoms with Crippen LogP contribution in [0.1, 0.15) is 12.6 Å². The second-order valence-corrected chi connectivity index (χ2v) is 15.7. The van der Waals surface area contributed by atoms with Crippen LogP contribution in [0.5, 0.6) is 17.2 Å². The molecule has 57 heavy (non-hydrogen) atoms. The number of phenolic OH excluding ortho intramolecular Hbond substituents is 3. The van der Waals surface area contributed by atoms with Crippen molar-refractivity contribution in [1.29, 1.82) is 0 Å². The Morgan fingerprint density at radius 1 is 0.860 bits per heavy atom. The first-order valence-corrected chi connectivity index (χ1v) is 19.5. The fourth-order valence-corrected chi connectivity index (χ4v) is 6.47. The minimum Gasteiger partial charge on any atom is -0.589 e. The Kier molecular flexibility index (Phi) is 15.1. The SMILES string of the molecule is CCS(=O)(=O)c1ccc(O)c(N=[NH+]c2c(O)ccc3cccc(NS(C)(=O)=O)c23)c1.Cc1[n-]n(-c2ccccc2)c(=O)c1N=Nc1cc([N+](=O)[O-])ccc1O.[Cr].[Li+]. The molecule has 5 aromatic carbocycles. The van der Waals surface area contributed by atoms with Gasteiger partial charge in [0.15, 0.2) is 21.3 Å². The van der Waals surface area contributed by atoms with E-state index in [1.165, 1.54) is 41.9 Å². The maximum atomic E-state index is 12.4. The van der Waals surface area contributed by atoms with Crippen LogP contribution < -0.4 is 39.4 Å². The Labute approximate surface area is 348 Å². The number of fused-ring (bicyclic) bond motifs is 1. The van der Waals surface area contributed by atoms with E-state index in [1.807, 2.05) is 6.07 Å². The summed E-state index contributed by atoms with van der Waals surface area (Å²) in [5, 5.41) is 60.3. The van der Waals surface area contributed by atoms with E-state index in [0.717, 1.165) is 24.5 Å². The van der Waals surface area contributed by atoms with E-state index < -0.39 is 30.3 Å². The van der Waals surface area contributed by atoms with Crippen LogP contribution in [0.2, 0.25) is 0 Å². The summed E-state index contributed by atoms with van der Waals surface area (Å²) >= 11 is 0. The zero-order chi connectivity index (χ0) is 40.1. The van der Waals surface area contributed by atoms with Gasteiger partial charge >= 0.3 is 18.9 Å². The average molecular weight is 848 g/mol. The molecule has 1 heterocycles. The fourth-order valence-electron chi connectivity index (χ4n) is 5.00. The van der Waals surface area contributed by atoms with Gasteiger partial charge in [-0.2, -0.15) is 0 Å². The number of nitrogens with zero attached hydrogens (tertiary/aromatic N) is 6. The number of sulfonamides is 1. The Hall–Kier alpha value is -5.80. The van der Waals surface area contributed by atoms with Crippen LogP contribution in [0.3, 0.4) is 0 Å². The molecule has 0 aliphatic carbocycles. The third-order valence-electron chi connectivity index (χ3n) is 7.71. The second kappa shape index (κ2) is 18.9. The third kappa shape index (κ3) is 11.0. The predicted octanol–water partition coefficient (Wildman–Crippen LogP) is 2.05. The molecule has 290 valence electrons. The van der Waals surface area contributed by atoms with Crippen LogP contribution in [-0.2, 0) is 37.2 Å². The third-order valence-corrected chi connectivity index (χ3v) is 10.0. The van der Waals surface area contributed by atoms with Crippen molar-refractivity contribution in [2.24, 2.45) is 15.3 Å². The molecule has 6 aromatic rings. The van der Waals surface area contributed by atoms with Gasteiger partial charge in [-0.05, 0) is 53.9 Å². The monoisotopic (exact) mass is 847 g/mol. The number of aromatic nitrogens is 2. The van der Waals surface area contributed by atoms with Crippen LogP contribution in [0.4, 0.5) is 34.1 Å². The summed E-state index contributed by atoms with van der Waals surface area (Å²) in [5.74, 6) is -0.887. The van der Waals surface area contributed by atoms with Crippen LogP contribution in [0.15, 0.2) is 122 Å². The van der Waals surface area contributed by atoms with Gasteiger partial charge in [0, 0.05) is 40.3 Å². The molecular weight excluding hydrogens is 816 g/mol. The second-order valence-electron chi connectivity index (χ2n) is 11.6. The smallest absolute Gasteiger partial charge is 0.589 e. The molecule has 0 spiro atoms. The summed E-state index contributed by atoms with van der Waals surface area (Å²) in [6.45, 7) is 3.10. The number of nitro benzene ring substituents is 1. The number of hydrogen-bond donors (Lipinski definition) is 5. The number of rotatable bonds is 10. The summed E-state index contributed by atoms with van der Waals surface area (Å²) in [7, 11) is -7.11. The van der Waals surface area contributed by atoms with Crippen LogP contribution in [0, 0.1) is 17.0 Å². The summed E-state index contributed by atoms with van der Waals surface area (Å²) in [4.78, 5) is 22.6. The van der Waals surface area contributed by atoms with Crippen molar-refractivity contribution in [1.82, 2.24) is 9.78 Å². The van der Waals surface area contributed by atoms with Crippen LogP contribution in [-0.4, -0.2) is 53.8 Å². The van der Waals surface area contributed by atoms with Crippen molar-refractivity contribution in [2.45, 2.75) is 18.7 Å². The molecule has 0 unspecified atom stereocenters. The number of sulfone groups is 1. The number of hydrogen-bond acceptors (Lipinski definition) is 13. The molecule has 0 saturated carbocycles. The molecule has 0 aliphatic rings. The number of anilines is 1. The van der Waals surface area contributed by atoms with E-state index >= 15 is 0 Å². The number of azo groups is 2. The molecule has 0 radical (unpaired) electrons. The average Bonchev–Trinajstić information content (AvgIpc) is 3.43. The van der Waals surface area contributed by atoms with Crippen LogP contribution in [0.25, 0.3) is 16.5 Å². The summed E-state index contributed by atoms with van der Waals surface area (Å²) < 4.78 is 51.2. The minimum absolute atomic E-state index is 0. The molecule has 5 N–H and O–H groups in total. The normalized spacial score (nSPS) is 11.4. The van der Waals surface area contributed by atoms with E-state index in [-0.39, 0.29) is 98.2 Å². The molecular formula is C35H32CrLiN8O10S2+. The predicted molar refractivity (Wildman–Crippen MR) is 202 cm³/mol. The minimum atomic E-state index is -3.59. The fraction of sp³-hybridized carbons (Fsp3) is 0.114. The first-order valence-electron chi connectivity index (χ1n) is 15.9. The van der Waals surface area contributed by atoms with Crippen LogP contribution >= 0.6 is 0 Å². The molecule has 18 nitrogen and oxygen atoms in total. The maximum Gasteiger partial charge on any atom is 1.00 e. The number of phenols is 3. The molecule has 0 bridgehead atoms. The number of non-ortho nitro benzene ring substituents is 1. The number of benzene rings is 5. The van der Waals surface area contributed by atoms with E-state index in [0.29, 0.717) is 22.2 Å². The standard InChI is InChI=1S/C19H19N3O6S2.C16H13N5O4.Cr.Li/c1-3-30(27,28)13-8-10-16(23)15(11-13)20-21-19-17(24)9-7-12-5-4-6-14(18(12)19)22-29(2,25)26;1-10-15(16(23)20(19-10)11-5-3-2-4-6-11)18-17-13-9-12(21(24)25)7-8-14(13)22;;/h4-11,22-24H,3H2,1-2H3;2-9H,1H3,(H2,17,18,19,22,23);;/q;;;+1. The Balaban J connectivity index is 0.000000299. The maximum absolute atomic E-state index is 12.4. The van der Waals surface area contributed by atoms with Gasteiger partial charge in [0.2, 0.25) is 10.0 Å². The zero-order valence-corrected chi connectivity index (χ0v) is 33.5. The summed E-state index contributed by atoms with van der Waals surface area (Å²) in [6.07, 6.45) is 1.00. The molecule has 0 aliphatic heterocycles. The zero-order valence-electron chi connectivity index (χ0n) is 30.6. The largest absolute Gasteiger partial charge is 1.00 e. The Morgan fingerprint density at radius 2 is 1.51 bits per heavy atom. The number of para-hydroxylation sites is 1. The van der Waals surface area contributed by atoms with Gasteiger partial charge in [-0.25, -0.2) is 16.8 Å². The molecule has 6 rings (SSSR count). The van der Waals surface area contributed by atoms with Gasteiger partial charge in [0.05, 0.1) is 32.9 Å². The summed E-state index contributed by atoms with van der Waals surface area (Å²) in [6, 6.07) is 23.8. The number of nitrogens with one attached hydrogen (secondary N) is 2. The topological polar surface area (TPSA) is 271 Å². The van der Waals surface area contributed by atoms with Crippen molar-refractivity contribution in [2.75, 3.05) is 16.7 Å². The van der Waals surface area contributed by atoms with E-state index in [2.05, 4.69) is 30.3 Å². The van der Waals surface area contributed by atoms with E-state index in [9.17, 15) is 47.1 Å². The first kappa shape index (κ1) is 45.6. The first-order chi connectivity index (χ1) is 26.0. The quantitative estimate of drug-likeness (QED) is 0.0438. The van der Waals surface area contributed by atoms with Crippen molar-refractivity contribution in [3.63, 3.8) is 0 Å². The number of aromatic hydroxyl groups is 3. The summed E-state index contributed by atoms with van der Waals surface area (Å²) in [5.41, 5.74) is 0.336. The number of aryl methyl sites for hydroxylation is 1. The van der Waals surface area contributed by atoms with E-state index in [4.69, 9.17) is 0 Å². The van der Waals surface area contributed by atoms with Crippen molar-refractivity contribution < 1.29 is 78.4 Å². The van der Waals surface area contributed by atoms with E-state index in [1.54, 1.807) is 49.4 Å². The van der Waals surface area contributed by atoms with Crippen molar-refractivity contribution in [3.8, 4) is 22.9 Å². The van der Waals surface area contributed by atoms with Gasteiger partial charge in [-0.15, -0.1) is 15.9 Å². The van der Waals surface area contributed by atoms with Gasteiger partial charge in [0.25, 0.3) is 16.9 Å².